The SMILES string of the molecule is CC(C)c1ccc2nc(NCCc3ccccc3)sc2c1. The van der Waals surface area contributed by atoms with Crippen LogP contribution < -0.4 is 5.32 Å². The first kappa shape index (κ1) is 14.1. The highest BCUT2D eigenvalue weighted by Crippen LogP contribution is 2.28. The normalized spacial score (nSPS) is 11.2. The van der Waals surface area contributed by atoms with Gasteiger partial charge in [-0.2, -0.15) is 0 Å². The molecule has 0 aliphatic carbocycles. The lowest BCUT2D eigenvalue weighted by Crippen LogP contribution is -2.04. The topological polar surface area (TPSA) is 24.9 Å². The zero-order chi connectivity index (χ0) is 14.7. The van der Waals surface area contributed by atoms with Crippen molar-refractivity contribution >= 4 is 26.7 Å². The first-order valence-corrected chi connectivity index (χ1v) is 8.22. The number of aromatic nitrogens is 1. The van der Waals surface area contributed by atoms with Gasteiger partial charge in [-0.1, -0.05) is 61.6 Å². The monoisotopic (exact) mass is 296 g/mol. The van der Waals surface area contributed by atoms with E-state index in [1.165, 1.54) is 15.8 Å². The molecule has 2 aromatic carbocycles. The Kier molecular flexibility index (Phi) is 4.20. The van der Waals surface area contributed by atoms with Crippen LogP contribution in [0.5, 0.6) is 0 Å². The summed E-state index contributed by atoms with van der Waals surface area (Å²) in [4.78, 5) is 4.65. The van der Waals surface area contributed by atoms with Crippen LogP contribution in [-0.2, 0) is 6.42 Å². The fourth-order valence-electron chi connectivity index (χ4n) is 2.33. The molecule has 0 aliphatic rings. The smallest absolute Gasteiger partial charge is 0.183 e. The van der Waals surface area contributed by atoms with Crippen molar-refractivity contribution in [1.82, 2.24) is 4.98 Å². The Morgan fingerprint density at radius 3 is 2.67 bits per heavy atom. The van der Waals surface area contributed by atoms with Gasteiger partial charge in [-0.3, -0.25) is 0 Å². The van der Waals surface area contributed by atoms with Crippen LogP contribution in [0.15, 0.2) is 48.5 Å². The molecule has 3 heteroatoms. The average Bonchev–Trinajstić information content (AvgIpc) is 2.90. The minimum atomic E-state index is 0.561. The van der Waals surface area contributed by atoms with Crippen molar-refractivity contribution < 1.29 is 0 Å². The lowest BCUT2D eigenvalue weighted by molar-refractivity contribution is 0.869. The first-order valence-electron chi connectivity index (χ1n) is 7.40. The Balaban J connectivity index is 1.67. The highest BCUT2D eigenvalue weighted by molar-refractivity contribution is 7.22. The van der Waals surface area contributed by atoms with Crippen LogP contribution in [0.1, 0.15) is 30.9 Å². The van der Waals surface area contributed by atoms with E-state index in [0.29, 0.717) is 5.92 Å². The van der Waals surface area contributed by atoms with Crippen molar-refractivity contribution in [1.29, 1.82) is 0 Å². The van der Waals surface area contributed by atoms with Gasteiger partial charge in [0.2, 0.25) is 0 Å². The van der Waals surface area contributed by atoms with Crippen molar-refractivity contribution in [3.8, 4) is 0 Å². The number of fused-ring (bicyclic) bond motifs is 1. The van der Waals surface area contributed by atoms with Crippen LogP contribution in [0.3, 0.4) is 0 Å². The second-order valence-corrected chi connectivity index (χ2v) is 6.59. The molecular formula is C18H20N2S. The van der Waals surface area contributed by atoms with Gasteiger partial charge in [0.25, 0.3) is 0 Å². The zero-order valence-electron chi connectivity index (χ0n) is 12.5. The number of anilines is 1. The van der Waals surface area contributed by atoms with E-state index in [1.54, 1.807) is 11.3 Å². The molecule has 0 spiro atoms. The van der Waals surface area contributed by atoms with Gasteiger partial charge in [-0.25, -0.2) is 4.98 Å². The van der Waals surface area contributed by atoms with Gasteiger partial charge in [0.05, 0.1) is 10.2 Å². The number of hydrogen-bond donors (Lipinski definition) is 1. The van der Waals surface area contributed by atoms with E-state index in [1.807, 2.05) is 0 Å². The Morgan fingerprint density at radius 1 is 1.10 bits per heavy atom. The molecule has 1 N–H and O–H groups in total. The van der Waals surface area contributed by atoms with Gasteiger partial charge < -0.3 is 5.32 Å². The summed E-state index contributed by atoms with van der Waals surface area (Å²) in [6, 6.07) is 17.1. The molecule has 0 amide bonds. The molecule has 0 bridgehead atoms. The van der Waals surface area contributed by atoms with Crippen molar-refractivity contribution in [2.45, 2.75) is 26.2 Å². The van der Waals surface area contributed by atoms with E-state index in [4.69, 9.17) is 0 Å². The summed E-state index contributed by atoms with van der Waals surface area (Å²) in [6.07, 6.45) is 1.02. The quantitative estimate of drug-likeness (QED) is 0.710. The summed E-state index contributed by atoms with van der Waals surface area (Å²) in [5, 5.41) is 4.45. The second-order valence-electron chi connectivity index (χ2n) is 5.56. The maximum atomic E-state index is 4.65. The molecule has 21 heavy (non-hydrogen) atoms. The van der Waals surface area contributed by atoms with E-state index in [-0.39, 0.29) is 0 Å². The number of nitrogens with one attached hydrogen (secondary N) is 1. The zero-order valence-corrected chi connectivity index (χ0v) is 13.3. The molecule has 1 heterocycles. The number of rotatable bonds is 5. The lowest BCUT2D eigenvalue weighted by Gasteiger charge is -2.03. The average molecular weight is 296 g/mol. The molecule has 1 aromatic heterocycles. The van der Waals surface area contributed by atoms with Gasteiger partial charge in [0.1, 0.15) is 0 Å². The largest absolute Gasteiger partial charge is 0.361 e. The van der Waals surface area contributed by atoms with Gasteiger partial charge in [0, 0.05) is 6.54 Å². The van der Waals surface area contributed by atoms with Gasteiger partial charge in [-0.15, -0.1) is 0 Å². The second kappa shape index (κ2) is 6.27. The summed E-state index contributed by atoms with van der Waals surface area (Å²) in [5.41, 5.74) is 3.82. The van der Waals surface area contributed by atoms with Crippen molar-refractivity contribution in [2.24, 2.45) is 0 Å². The fraction of sp³-hybridized carbons (Fsp3) is 0.278. The van der Waals surface area contributed by atoms with Crippen molar-refractivity contribution in [2.75, 3.05) is 11.9 Å². The molecule has 108 valence electrons. The number of nitrogens with zero attached hydrogens (tertiary/aromatic N) is 1. The molecule has 3 rings (SSSR count). The fourth-order valence-corrected chi connectivity index (χ4v) is 3.27. The van der Waals surface area contributed by atoms with E-state index in [9.17, 15) is 0 Å². The molecule has 0 unspecified atom stereocenters. The molecule has 0 saturated carbocycles. The van der Waals surface area contributed by atoms with Gasteiger partial charge in [0.15, 0.2) is 5.13 Å². The molecule has 2 nitrogen and oxygen atoms in total. The lowest BCUT2D eigenvalue weighted by atomic mass is 10.0. The number of thiazole rings is 1. The standard InChI is InChI=1S/C18H20N2S/c1-13(2)15-8-9-16-17(12-15)21-18(20-16)19-11-10-14-6-4-3-5-7-14/h3-9,12-13H,10-11H2,1-2H3,(H,19,20). The van der Waals surface area contributed by atoms with Crippen LogP contribution in [0.2, 0.25) is 0 Å². The van der Waals surface area contributed by atoms with Crippen LogP contribution in [0.25, 0.3) is 10.2 Å². The Labute approximate surface area is 129 Å². The van der Waals surface area contributed by atoms with Crippen LogP contribution in [0, 0.1) is 0 Å². The third kappa shape index (κ3) is 3.42. The van der Waals surface area contributed by atoms with Crippen molar-refractivity contribution in [3.05, 3.63) is 59.7 Å². The van der Waals surface area contributed by atoms with E-state index < -0.39 is 0 Å². The predicted molar refractivity (Wildman–Crippen MR) is 92.3 cm³/mol. The molecule has 0 aliphatic heterocycles. The summed E-state index contributed by atoms with van der Waals surface area (Å²) in [5.74, 6) is 0.561. The maximum absolute atomic E-state index is 4.65. The Hall–Kier alpha value is -1.87. The van der Waals surface area contributed by atoms with Gasteiger partial charge >= 0.3 is 0 Å². The third-order valence-corrected chi connectivity index (χ3v) is 4.59. The van der Waals surface area contributed by atoms with Crippen LogP contribution >= 0.6 is 11.3 Å². The van der Waals surface area contributed by atoms with Crippen molar-refractivity contribution in [3.63, 3.8) is 0 Å². The molecular weight excluding hydrogens is 276 g/mol. The highest BCUT2D eigenvalue weighted by Gasteiger charge is 2.06. The van der Waals surface area contributed by atoms with Gasteiger partial charge in [-0.05, 0) is 35.6 Å². The van der Waals surface area contributed by atoms with Crippen LogP contribution in [0.4, 0.5) is 5.13 Å². The Bertz CT molecular complexity index is 716. The minimum Gasteiger partial charge on any atom is -0.361 e. The maximum Gasteiger partial charge on any atom is 0.183 e. The first-order chi connectivity index (χ1) is 10.2. The van der Waals surface area contributed by atoms with Crippen LogP contribution in [-0.4, -0.2) is 11.5 Å². The third-order valence-electron chi connectivity index (χ3n) is 3.61. The summed E-state index contributed by atoms with van der Waals surface area (Å²) in [6.45, 7) is 5.36. The molecule has 3 aromatic rings. The number of hydrogen-bond acceptors (Lipinski definition) is 3. The molecule has 0 radical (unpaired) electrons. The molecule has 0 atom stereocenters. The predicted octanol–water partition coefficient (Wildman–Crippen LogP) is 5.07. The highest BCUT2D eigenvalue weighted by atomic mass is 32.1. The summed E-state index contributed by atoms with van der Waals surface area (Å²) < 4.78 is 1.27. The minimum absolute atomic E-state index is 0.561. The Morgan fingerprint density at radius 2 is 1.90 bits per heavy atom. The van der Waals surface area contributed by atoms with E-state index >= 15 is 0 Å². The number of benzene rings is 2. The van der Waals surface area contributed by atoms with E-state index in [2.05, 4.69) is 72.7 Å². The summed E-state index contributed by atoms with van der Waals surface area (Å²) in [7, 11) is 0. The van der Waals surface area contributed by atoms with E-state index in [0.717, 1.165) is 23.6 Å². The summed E-state index contributed by atoms with van der Waals surface area (Å²) >= 11 is 1.74. The molecule has 0 fully saturated rings. The molecule has 0 saturated heterocycles.